The molecule has 18 heavy (non-hydrogen) atoms. The molecule has 0 bridgehead atoms. The van der Waals surface area contributed by atoms with Gasteiger partial charge < -0.3 is 0 Å². The Morgan fingerprint density at radius 2 is 1.28 bits per heavy atom. The highest BCUT2D eigenvalue weighted by atomic mass is 35.5. The largest absolute Gasteiger partial charge is 0.122 e. The fourth-order valence-corrected chi connectivity index (χ4v) is 2.26. The minimum absolute atomic E-state index is 0.409. The maximum Gasteiger partial charge on any atom is 0.0404 e. The molecule has 0 atom stereocenters. The van der Waals surface area contributed by atoms with Crippen LogP contribution in [0, 0.1) is 0 Å². The molecule has 92 valence electrons. The van der Waals surface area contributed by atoms with Crippen LogP contribution in [-0.4, -0.2) is 5.88 Å². The van der Waals surface area contributed by atoms with Gasteiger partial charge >= 0.3 is 0 Å². The lowest BCUT2D eigenvalue weighted by Gasteiger charge is -2.16. The second kappa shape index (κ2) is 7.03. The average Bonchev–Trinajstić information content (AvgIpc) is 2.46. The number of rotatable bonds is 5. The quantitative estimate of drug-likeness (QED) is 0.521. The molecule has 0 aliphatic rings. The van der Waals surface area contributed by atoms with Crippen LogP contribution < -0.4 is 0 Å². The third kappa shape index (κ3) is 3.48. The molecule has 0 heterocycles. The summed E-state index contributed by atoms with van der Waals surface area (Å²) in [5.74, 6) is 0.989. The van der Waals surface area contributed by atoms with Crippen LogP contribution in [0.15, 0.2) is 72.8 Å². The highest BCUT2D eigenvalue weighted by molar-refractivity contribution is 6.18. The van der Waals surface area contributed by atoms with Gasteiger partial charge in [0, 0.05) is 11.8 Å². The third-order valence-electron chi connectivity index (χ3n) is 3.03. The number of hydrogen-bond acceptors (Lipinski definition) is 0. The van der Waals surface area contributed by atoms with Crippen LogP contribution in [0.5, 0.6) is 0 Å². The molecule has 2 aromatic carbocycles. The molecule has 1 heteroatoms. The van der Waals surface area contributed by atoms with Gasteiger partial charge in [-0.2, -0.15) is 0 Å². The van der Waals surface area contributed by atoms with Gasteiger partial charge in [0.15, 0.2) is 0 Å². The second-order valence-electron chi connectivity index (χ2n) is 4.24. The molecular formula is C17H17Cl. The van der Waals surface area contributed by atoms with E-state index >= 15 is 0 Å². The summed E-state index contributed by atoms with van der Waals surface area (Å²) in [5, 5.41) is 0. The minimum Gasteiger partial charge on any atom is -0.122 e. The number of alkyl halides is 1. The Morgan fingerprint density at radius 3 is 1.72 bits per heavy atom. The Morgan fingerprint density at radius 1 is 0.778 bits per heavy atom. The lowest BCUT2D eigenvalue weighted by atomic mass is 9.88. The van der Waals surface area contributed by atoms with Gasteiger partial charge in [-0.1, -0.05) is 72.8 Å². The molecule has 2 rings (SSSR count). The van der Waals surface area contributed by atoms with Crippen LogP contribution in [0.25, 0.3) is 0 Å². The first kappa shape index (κ1) is 12.9. The summed E-state index contributed by atoms with van der Waals surface area (Å²) in [6.45, 7) is 0. The van der Waals surface area contributed by atoms with Gasteiger partial charge in [-0.25, -0.2) is 0 Å². The van der Waals surface area contributed by atoms with Gasteiger partial charge in [0.25, 0.3) is 0 Å². The van der Waals surface area contributed by atoms with Crippen molar-refractivity contribution in [1.82, 2.24) is 0 Å². The molecule has 0 radical (unpaired) electrons. The van der Waals surface area contributed by atoms with E-state index in [0.717, 1.165) is 6.42 Å². The maximum absolute atomic E-state index is 5.69. The smallest absolute Gasteiger partial charge is 0.0404 e. The van der Waals surface area contributed by atoms with E-state index in [1.54, 1.807) is 0 Å². The first-order chi connectivity index (χ1) is 8.92. The van der Waals surface area contributed by atoms with E-state index in [0.29, 0.717) is 11.8 Å². The molecule has 0 amide bonds. The fraction of sp³-hybridized carbons (Fsp3) is 0.176. The van der Waals surface area contributed by atoms with Crippen molar-refractivity contribution in [2.24, 2.45) is 0 Å². The highest BCUT2D eigenvalue weighted by Gasteiger charge is 2.11. The number of hydrogen-bond donors (Lipinski definition) is 0. The average molecular weight is 257 g/mol. The van der Waals surface area contributed by atoms with Gasteiger partial charge in [0.2, 0.25) is 0 Å². The van der Waals surface area contributed by atoms with Crippen molar-refractivity contribution in [3.63, 3.8) is 0 Å². The zero-order valence-electron chi connectivity index (χ0n) is 10.3. The van der Waals surface area contributed by atoms with Crippen molar-refractivity contribution in [1.29, 1.82) is 0 Å². The Balaban J connectivity index is 2.26. The molecule has 0 aliphatic carbocycles. The van der Waals surface area contributed by atoms with Gasteiger partial charge in [0.1, 0.15) is 0 Å². The van der Waals surface area contributed by atoms with Gasteiger partial charge in [-0.15, -0.1) is 11.6 Å². The molecule has 0 N–H and O–H groups in total. The summed E-state index contributed by atoms with van der Waals surface area (Å²) in [5.41, 5.74) is 2.70. The molecule has 0 fully saturated rings. The van der Waals surface area contributed by atoms with Crippen LogP contribution in [0.1, 0.15) is 23.5 Å². The van der Waals surface area contributed by atoms with Crippen LogP contribution >= 0.6 is 11.6 Å². The lowest BCUT2D eigenvalue weighted by Crippen LogP contribution is -1.99. The Bertz CT molecular complexity index is 434. The van der Waals surface area contributed by atoms with Crippen molar-refractivity contribution in [2.75, 3.05) is 5.88 Å². The van der Waals surface area contributed by atoms with Gasteiger partial charge in [-0.3, -0.25) is 0 Å². The molecule has 2 aromatic rings. The third-order valence-corrected chi connectivity index (χ3v) is 3.21. The molecule has 0 saturated carbocycles. The van der Waals surface area contributed by atoms with E-state index in [1.807, 2.05) is 6.08 Å². The molecule has 0 saturated heterocycles. The molecule has 0 aromatic heterocycles. The lowest BCUT2D eigenvalue weighted by molar-refractivity contribution is 0.829. The van der Waals surface area contributed by atoms with Crippen molar-refractivity contribution >= 4 is 11.6 Å². The van der Waals surface area contributed by atoms with E-state index in [4.69, 9.17) is 11.6 Å². The van der Waals surface area contributed by atoms with E-state index in [9.17, 15) is 0 Å². The van der Waals surface area contributed by atoms with Crippen LogP contribution in [-0.2, 0) is 0 Å². The molecule has 0 spiro atoms. The second-order valence-corrected chi connectivity index (χ2v) is 4.54. The van der Waals surface area contributed by atoms with Crippen molar-refractivity contribution in [3.05, 3.63) is 83.9 Å². The summed E-state index contributed by atoms with van der Waals surface area (Å²) >= 11 is 5.69. The van der Waals surface area contributed by atoms with E-state index in [1.165, 1.54) is 11.1 Å². The van der Waals surface area contributed by atoms with E-state index in [-0.39, 0.29) is 0 Å². The predicted molar refractivity (Wildman–Crippen MR) is 79.2 cm³/mol. The van der Waals surface area contributed by atoms with Crippen LogP contribution in [0.2, 0.25) is 0 Å². The monoisotopic (exact) mass is 256 g/mol. The molecule has 0 aliphatic heterocycles. The first-order valence-electron chi connectivity index (χ1n) is 6.22. The van der Waals surface area contributed by atoms with Crippen molar-refractivity contribution < 1.29 is 0 Å². The summed E-state index contributed by atoms with van der Waals surface area (Å²) in [4.78, 5) is 0. The maximum atomic E-state index is 5.69. The van der Waals surface area contributed by atoms with Crippen LogP contribution in [0.3, 0.4) is 0 Å². The number of benzene rings is 2. The SMILES string of the molecule is ClC/C=C/CC(c1ccccc1)c1ccccc1. The summed E-state index contributed by atoms with van der Waals surface area (Å²) in [7, 11) is 0. The zero-order chi connectivity index (χ0) is 12.6. The van der Waals surface area contributed by atoms with E-state index in [2.05, 4.69) is 66.7 Å². The normalized spacial score (nSPS) is 11.2. The number of allylic oxidation sites excluding steroid dienone is 2. The molecular weight excluding hydrogens is 240 g/mol. The zero-order valence-corrected chi connectivity index (χ0v) is 11.1. The minimum atomic E-state index is 0.409. The molecule has 0 unspecified atom stereocenters. The molecule has 0 nitrogen and oxygen atoms in total. The summed E-state index contributed by atoms with van der Waals surface area (Å²) in [6.07, 6.45) is 5.17. The van der Waals surface area contributed by atoms with Crippen molar-refractivity contribution in [2.45, 2.75) is 12.3 Å². The Kier molecular flexibility index (Phi) is 5.04. The van der Waals surface area contributed by atoms with Crippen LogP contribution in [0.4, 0.5) is 0 Å². The number of halogens is 1. The van der Waals surface area contributed by atoms with E-state index < -0.39 is 0 Å². The topological polar surface area (TPSA) is 0 Å². The first-order valence-corrected chi connectivity index (χ1v) is 6.76. The van der Waals surface area contributed by atoms with Gasteiger partial charge in [0.05, 0.1) is 0 Å². The predicted octanol–water partition coefficient (Wildman–Crippen LogP) is 5.00. The Labute approximate surface area is 114 Å². The fourth-order valence-electron chi connectivity index (χ4n) is 2.13. The van der Waals surface area contributed by atoms with Gasteiger partial charge in [-0.05, 0) is 17.5 Å². The standard InChI is InChI=1S/C17H17Cl/c18-14-8-7-13-17(15-9-3-1-4-10-15)16-11-5-2-6-12-16/h1-12,17H,13-14H2/b8-7+. The van der Waals surface area contributed by atoms with Crippen molar-refractivity contribution in [3.8, 4) is 0 Å². The summed E-state index contributed by atoms with van der Waals surface area (Å²) < 4.78 is 0. The summed E-state index contributed by atoms with van der Waals surface area (Å²) in [6, 6.07) is 21.2. The Hall–Kier alpha value is -1.53. The highest BCUT2D eigenvalue weighted by Crippen LogP contribution is 2.28.